The van der Waals surface area contributed by atoms with E-state index in [-0.39, 0.29) is 17.5 Å². The van der Waals surface area contributed by atoms with Crippen molar-refractivity contribution < 1.29 is 8.42 Å². The van der Waals surface area contributed by atoms with Crippen LogP contribution >= 0.6 is 0 Å². The van der Waals surface area contributed by atoms with Gasteiger partial charge >= 0.3 is 0 Å². The Morgan fingerprint density at radius 2 is 2.36 bits per heavy atom. The van der Waals surface area contributed by atoms with E-state index in [2.05, 4.69) is 10.3 Å². The van der Waals surface area contributed by atoms with Gasteiger partial charge in [0.1, 0.15) is 0 Å². The van der Waals surface area contributed by atoms with Gasteiger partial charge in [-0.2, -0.15) is 0 Å². The Labute approximate surface area is 83.3 Å². The molecule has 1 aliphatic heterocycles. The Hall–Kier alpha value is -0.940. The van der Waals surface area contributed by atoms with E-state index in [1.54, 1.807) is 12.4 Å². The smallest absolute Gasteiger partial charge is 0.153 e. The van der Waals surface area contributed by atoms with Crippen molar-refractivity contribution in [3.05, 3.63) is 30.1 Å². The minimum Gasteiger partial charge on any atom is -0.308 e. The normalized spacial score (nSPS) is 25.9. The van der Waals surface area contributed by atoms with Crippen molar-refractivity contribution in [3.63, 3.8) is 0 Å². The molecule has 0 saturated carbocycles. The van der Waals surface area contributed by atoms with Gasteiger partial charge < -0.3 is 5.32 Å². The molecule has 4 nitrogen and oxygen atoms in total. The number of nitrogens with zero attached hydrogens (tertiary/aromatic N) is 1. The van der Waals surface area contributed by atoms with Gasteiger partial charge in [0.05, 0.1) is 11.5 Å². The van der Waals surface area contributed by atoms with Gasteiger partial charge in [-0.3, -0.25) is 4.98 Å². The number of hydrogen-bond donors (Lipinski definition) is 1. The molecule has 0 bridgehead atoms. The van der Waals surface area contributed by atoms with Crippen LogP contribution in [0.15, 0.2) is 24.5 Å². The van der Waals surface area contributed by atoms with Crippen molar-refractivity contribution in [2.24, 2.45) is 0 Å². The molecule has 14 heavy (non-hydrogen) atoms. The van der Waals surface area contributed by atoms with Gasteiger partial charge in [0.2, 0.25) is 0 Å². The highest BCUT2D eigenvalue weighted by Crippen LogP contribution is 2.16. The number of hydrogen-bond acceptors (Lipinski definition) is 4. The molecule has 1 atom stereocenters. The molecule has 76 valence electrons. The number of rotatable bonds is 1. The maximum absolute atomic E-state index is 11.4. The van der Waals surface area contributed by atoms with Crippen molar-refractivity contribution in [2.45, 2.75) is 6.04 Å². The second-order valence-corrected chi connectivity index (χ2v) is 5.64. The topological polar surface area (TPSA) is 59.1 Å². The first kappa shape index (κ1) is 9.61. The first-order valence-electron chi connectivity index (χ1n) is 4.51. The molecular formula is C9H12N2O2S. The zero-order valence-electron chi connectivity index (χ0n) is 7.68. The monoisotopic (exact) mass is 212 g/mol. The highest BCUT2D eigenvalue weighted by molar-refractivity contribution is 7.91. The fraction of sp³-hybridized carbons (Fsp3) is 0.444. The van der Waals surface area contributed by atoms with Crippen LogP contribution in [0.25, 0.3) is 0 Å². The van der Waals surface area contributed by atoms with Gasteiger partial charge in [-0.25, -0.2) is 8.42 Å². The summed E-state index contributed by atoms with van der Waals surface area (Å²) in [6.07, 6.45) is 3.39. The SMILES string of the molecule is O=S1(=O)CCNC(c2cccnc2)C1. The third-order valence-corrected chi connectivity index (χ3v) is 3.98. The predicted molar refractivity (Wildman–Crippen MR) is 53.6 cm³/mol. The Bertz CT molecular complexity index is 402. The standard InChI is InChI=1S/C9H12N2O2S/c12-14(13)5-4-11-9(7-14)8-2-1-3-10-6-8/h1-3,6,9,11H,4-5,7H2. The molecule has 2 rings (SSSR count). The van der Waals surface area contributed by atoms with E-state index in [1.807, 2.05) is 12.1 Å². The molecule has 1 unspecified atom stereocenters. The van der Waals surface area contributed by atoms with Gasteiger partial charge in [0.15, 0.2) is 9.84 Å². The van der Waals surface area contributed by atoms with Crippen molar-refractivity contribution in [2.75, 3.05) is 18.1 Å². The maximum atomic E-state index is 11.4. The Morgan fingerprint density at radius 3 is 3.00 bits per heavy atom. The average molecular weight is 212 g/mol. The van der Waals surface area contributed by atoms with Crippen molar-refractivity contribution in [1.82, 2.24) is 10.3 Å². The van der Waals surface area contributed by atoms with Crippen LogP contribution in [0.5, 0.6) is 0 Å². The van der Waals surface area contributed by atoms with Crippen LogP contribution in [-0.4, -0.2) is 31.5 Å². The predicted octanol–water partition coefficient (Wildman–Crippen LogP) is 0.141. The summed E-state index contributed by atoms with van der Waals surface area (Å²) in [7, 11) is -2.87. The number of nitrogens with one attached hydrogen (secondary N) is 1. The highest BCUT2D eigenvalue weighted by Gasteiger charge is 2.25. The van der Waals surface area contributed by atoms with Crippen LogP contribution in [0.1, 0.15) is 11.6 Å². The fourth-order valence-electron chi connectivity index (χ4n) is 1.58. The van der Waals surface area contributed by atoms with E-state index >= 15 is 0 Å². The van der Waals surface area contributed by atoms with Crippen molar-refractivity contribution >= 4 is 9.84 Å². The number of sulfone groups is 1. The summed E-state index contributed by atoms with van der Waals surface area (Å²) in [5.41, 5.74) is 0.941. The number of pyridine rings is 1. The summed E-state index contributed by atoms with van der Waals surface area (Å²) >= 11 is 0. The fourth-order valence-corrected chi connectivity index (χ4v) is 2.99. The Balaban J connectivity index is 2.21. The summed E-state index contributed by atoms with van der Waals surface area (Å²) in [6, 6.07) is 3.62. The lowest BCUT2D eigenvalue weighted by atomic mass is 10.1. The summed E-state index contributed by atoms with van der Waals surface area (Å²) in [4.78, 5) is 3.97. The highest BCUT2D eigenvalue weighted by atomic mass is 32.2. The third kappa shape index (κ3) is 2.10. The molecule has 1 aliphatic rings. The largest absolute Gasteiger partial charge is 0.308 e. The Kier molecular flexibility index (Phi) is 2.52. The van der Waals surface area contributed by atoms with Crippen molar-refractivity contribution in [3.8, 4) is 0 Å². The van der Waals surface area contributed by atoms with E-state index in [9.17, 15) is 8.42 Å². The lowest BCUT2D eigenvalue weighted by molar-refractivity contribution is 0.530. The molecule has 1 saturated heterocycles. The van der Waals surface area contributed by atoms with Crippen LogP contribution in [0.2, 0.25) is 0 Å². The molecule has 0 aromatic carbocycles. The molecular weight excluding hydrogens is 200 g/mol. The zero-order chi connectivity index (χ0) is 10.0. The van der Waals surface area contributed by atoms with Gasteiger partial charge in [0.25, 0.3) is 0 Å². The first-order valence-corrected chi connectivity index (χ1v) is 6.33. The van der Waals surface area contributed by atoms with Crippen LogP contribution in [0.4, 0.5) is 0 Å². The second kappa shape index (κ2) is 3.67. The molecule has 1 aromatic heterocycles. The summed E-state index contributed by atoms with van der Waals surface area (Å²) in [5.74, 6) is 0.419. The molecule has 0 amide bonds. The maximum Gasteiger partial charge on any atom is 0.153 e. The summed E-state index contributed by atoms with van der Waals surface area (Å²) < 4.78 is 22.7. The lowest BCUT2D eigenvalue weighted by Gasteiger charge is -2.23. The van der Waals surface area contributed by atoms with Crippen LogP contribution < -0.4 is 5.32 Å². The van der Waals surface area contributed by atoms with E-state index in [1.165, 1.54) is 0 Å². The molecule has 0 radical (unpaired) electrons. The first-order chi connectivity index (χ1) is 6.67. The van der Waals surface area contributed by atoms with Gasteiger partial charge in [-0.15, -0.1) is 0 Å². The minimum atomic E-state index is -2.87. The molecule has 0 spiro atoms. The third-order valence-electron chi connectivity index (χ3n) is 2.31. The quantitative estimate of drug-likeness (QED) is 0.719. The van der Waals surface area contributed by atoms with Crippen LogP contribution in [0, 0.1) is 0 Å². The van der Waals surface area contributed by atoms with Gasteiger partial charge in [-0.05, 0) is 11.6 Å². The molecule has 2 heterocycles. The van der Waals surface area contributed by atoms with E-state index < -0.39 is 9.84 Å². The van der Waals surface area contributed by atoms with E-state index in [0.29, 0.717) is 6.54 Å². The lowest BCUT2D eigenvalue weighted by Crippen LogP contribution is -2.39. The second-order valence-electron chi connectivity index (χ2n) is 3.41. The Morgan fingerprint density at radius 1 is 1.50 bits per heavy atom. The molecule has 1 aromatic rings. The van der Waals surface area contributed by atoms with Crippen molar-refractivity contribution in [1.29, 1.82) is 0 Å². The van der Waals surface area contributed by atoms with Crippen LogP contribution in [-0.2, 0) is 9.84 Å². The minimum absolute atomic E-state index is 0.0950. The van der Waals surface area contributed by atoms with E-state index in [4.69, 9.17) is 0 Å². The van der Waals surface area contributed by atoms with Gasteiger partial charge in [0, 0.05) is 25.0 Å². The number of aromatic nitrogens is 1. The summed E-state index contributed by atoms with van der Waals surface area (Å²) in [6.45, 7) is 0.530. The molecule has 0 aliphatic carbocycles. The van der Waals surface area contributed by atoms with Crippen LogP contribution in [0.3, 0.4) is 0 Å². The average Bonchev–Trinajstić information content (AvgIpc) is 2.18. The molecule has 5 heteroatoms. The molecule has 1 N–H and O–H groups in total. The zero-order valence-corrected chi connectivity index (χ0v) is 8.50. The molecule has 1 fully saturated rings. The summed E-state index contributed by atoms with van der Waals surface area (Å²) in [5, 5.41) is 3.17. The van der Waals surface area contributed by atoms with E-state index in [0.717, 1.165) is 5.56 Å². The van der Waals surface area contributed by atoms with Gasteiger partial charge in [-0.1, -0.05) is 6.07 Å².